The highest BCUT2D eigenvalue weighted by Gasteiger charge is 2.04. The van der Waals surface area contributed by atoms with Crippen LogP contribution >= 0.6 is 11.3 Å². The van der Waals surface area contributed by atoms with Crippen LogP contribution in [0, 0.1) is 6.92 Å². The zero-order valence-electron chi connectivity index (χ0n) is 10.3. The van der Waals surface area contributed by atoms with Crippen molar-refractivity contribution in [2.45, 2.75) is 39.9 Å². The molecule has 0 aliphatic heterocycles. The maximum absolute atomic E-state index is 4.40. The van der Waals surface area contributed by atoms with Crippen molar-refractivity contribution >= 4 is 11.3 Å². The van der Waals surface area contributed by atoms with Crippen molar-refractivity contribution in [2.75, 3.05) is 0 Å². The summed E-state index contributed by atoms with van der Waals surface area (Å²) in [4.78, 5) is 8.66. The standard InChI is InChI=1S/C11H17N5S/c1-8(2)12-4-10-13-7-16(15-10)5-11-14-9(3)6-17-11/h6-8,12H,4-5H2,1-3H3. The van der Waals surface area contributed by atoms with Gasteiger partial charge in [0.1, 0.15) is 11.3 Å². The first-order chi connectivity index (χ1) is 8.13. The minimum Gasteiger partial charge on any atom is -0.308 e. The van der Waals surface area contributed by atoms with Crippen LogP contribution in [-0.4, -0.2) is 25.8 Å². The van der Waals surface area contributed by atoms with Gasteiger partial charge in [-0.3, -0.25) is 0 Å². The highest BCUT2D eigenvalue weighted by Crippen LogP contribution is 2.09. The van der Waals surface area contributed by atoms with Crippen molar-refractivity contribution in [1.29, 1.82) is 0 Å². The fourth-order valence-corrected chi connectivity index (χ4v) is 2.16. The van der Waals surface area contributed by atoms with Gasteiger partial charge in [0.25, 0.3) is 0 Å². The molecule has 2 heterocycles. The molecule has 2 aromatic rings. The summed E-state index contributed by atoms with van der Waals surface area (Å²) in [6.07, 6.45) is 1.76. The lowest BCUT2D eigenvalue weighted by Gasteiger charge is -2.03. The highest BCUT2D eigenvalue weighted by atomic mass is 32.1. The molecule has 0 amide bonds. The monoisotopic (exact) mass is 251 g/mol. The van der Waals surface area contributed by atoms with Gasteiger partial charge >= 0.3 is 0 Å². The zero-order valence-corrected chi connectivity index (χ0v) is 11.2. The fourth-order valence-electron chi connectivity index (χ4n) is 1.40. The second-order valence-corrected chi connectivity index (χ2v) is 5.22. The lowest BCUT2D eigenvalue weighted by atomic mass is 10.4. The Morgan fingerprint density at radius 1 is 1.47 bits per heavy atom. The molecule has 0 aliphatic rings. The summed E-state index contributed by atoms with van der Waals surface area (Å²) in [5, 5.41) is 10.8. The van der Waals surface area contributed by atoms with E-state index in [-0.39, 0.29) is 0 Å². The predicted octanol–water partition coefficient (Wildman–Crippen LogP) is 1.59. The molecule has 0 atom stereocenters. The SMILES string of the molecule is Cc1csc(Cn2cnc(CNC(C)C)n2)n1. The Kier molecular flexibility index (Phi) is 3.86. The summed E-state index contributed by atoms with van der Waals surface area (Å²) >= 11 is 1.66. The third kappa shape index (κ3) is 3.61. The molecule has 92 valence electrons. The van der Waals surface area contributed by atoms with Crippen LogP contribution in [0.2, 0.25) is 0 Å². The second kappa shape index (κ2) is 5.37. The summed E-state index contributed by atoms with van der Waals surface area (Å²) in [6.45, 7) is 7.62. The topological polar surface area (TPSA) is 55.6 Å². The fraction of sp³-hybridized carbons (Fsp3) is 0.545. The molecule has 0 radical (unpaired) electrons. The molecule has 0 bridgehead atoms. The molecular formula is C11H17N5S. The zero-order chi connectivity index (χ0) is 12.3. The number of hydrogen-bond donors (Lipinski definition) is 1. The van der Waals surface area contributed by atoms with E-state index in [1.165, 1.54) is 0 Å². The van der Waals surface area contributed by atoms with E-state index < -0.39 is 0 Å². The lowest BCUT2D eigenvalue weighted by molar-refractivity contribution is 0.565. The Bertz CT molecular complexity index is 474. The number of aryl methyl sites for hydroxylation is 1. The first-order valence-corrected chi connectivity index (χ1v) is 6.54. The van der Waals surface area contributed by atoms with Gasteiger partial charge in [0.15, 0.2) is 5.82 Å². The quantitative estimate of drug-likeness (QED) is 0.876. The van der Waals surface area contributed by atoms with E-state index in [0.717, 1.165) is 16.5 Å². The van der Waals surface area contributed by atoms with E-state index >= 15 is 0 Å². The summed E-state index contributed by atoms with van der Waals surface area (Å²) < 4.78 is 1.83. The van der Waals surface area contributed by atoms with Crippen LogP contribution in [0.15, 0.2) is 11.7 Å². The van der Waals surface area contributed by atoms with Gasteiger partial charge < -0.3 is 5.32 Å². The Morgan fingerprint density at radius 3 is 2.94 bits per heavy atom. The number of aromatic nitrogens is 4. The molecule has 2 rings (SSSR count). The van der Waals surface area contributed by atoms with Crippen molar-refractivity contribution in [3.8, 4) is 0 Å². The van der Waals surface area contributed by atoms with Crippen LogP contribution in [0.25, 0.3) is 0 Å². The summed E-state index contributed by atoms with van der Waals surface area (Å²) in [5.74, 6) is 0.826. The minimum absolute atomic E-state index is 0.448. The van der Waals surface area contributed by atoms with Crippen molar-refractivity contribution in [1.82, 2.24) is 25.1 Å². The third-order valence-corrected chi connectivity index (χ3v) is 3.17. The molecule has 0 fully saturated rings. The van der Waals surface area contributed by atoms with Crippen molar-refractivity contribution in [3.05, 3.63) is 28.2 Å². The van der Waals surface area contributed by atoms with Gasteiger partial charge in [0, 0.05) is 17.1 Å². The number of rotatable bonds is 5. The number of hydrogen-bond acceptors (Lipinski definition) is 5. The largest absolute Gasteiger partial charge is 0.308 e. The van der Waals surface area contributed by atoms with E-state index in [4.69, 9.17) is 0 Å². The summed E-state index contributed by atoms with van der Waals surface area (Å²) in [6, 6.07) is 0.448. The molecule has 5 nitrogen and oxygen atoms in total. The average Bonchev–Trinajstić information content (AvgIpc) is 2.86. The van der Waals surface area contributed by atoms with Crippen LogP contribution in [-0.2, 0) is 13.1 Å². The summed E-state index contributed by atoms with van der Waals surface area (Å²) in [5.41, 5.74) is 1.06. The molecule has 1 N–H and O–H groups in total. The number of thiazole rings is 1. The van der Waals surface area contributed by atoms with Crippen LogP contribution in [0.3, 0.4) is 0 Å². The first-order valence-electron chi connectivity index (χ1n) is 5.66. The normalized spacial score (nSPS) is 11.3. The molecular weight excluding hydrogens is 234 g/mol. The smallest absolute Gasteiger partial charge is 0.164 e. The van der Waals surface area contributed by atoms with Gasteiger partial charge in [-0.15, -0.1) is 11.3 Å². The predicted molar refractivity (Wildman–Crippen MR) is 68.0 cm³/mol. The molecule has 6 heteroatoms. The van der Waals surface area contributed by atoms with Crippen molar-refractivity contribution < 1.29 is 0 Å². The van der Waals surface area contributed by atoms with E-state index in [0.29, 0.717) is 19.1 Å². The van der Waals surface area contributed by atoms with E-state index in [1.807, 2.05) is 17.0 Å². The molecule has 0 aromatic carbocycles. The van der Waals surface area contributed by atoms with E-state index in [9.17, 15) is 0 Å². The second-order valence-electron chi connectivity index (χ2n) is 4.28. The number of nitrogens with one attached hydrogen (secondary N) is 1. The third-order valence-electron chi connectivity index (χ3n) is 2.22. The van der Waals surface area contributed by atoms with Gasteiger partial charge in [-0.2, -0.15) is 5.10 Å². The molecule has 0 unspecified atom stereocenters. The van der Waals surface area contributed by atoms with E-state index in [1.54, 1.807) is 17.7 Å². The maximum atomic E-state index is 4.40. The Labute approximate surface area is 105 Å². The van der Waals surface area contributed by atoms with E-state index in [2.05, 4.69) is 34.2 Å². The van der Waals surface area contributed by atoms with Crippen molar-refractivity contribution in [3.63, 3.8) is 0 Å². The highest BCUT2D eigenvalue weighted by molar-refractivity contribution is 7.09. The maximum Gasteiger partial charge on any atom is 0.164 e. The van der Waals surface area contributed by atoms with Gasteiger partial charge in [-0.25, -0.2) is 14.6 Å². The number of nitrogens with zero attached hydrogens (tertiary/aromatic N) is 4. The first kappa shape index (κ1) is 12.2. The van der Waals surface area contributed by atoms with Crippen LogP contribution in [0.4, 0.5) is 0 Å². The molecule has 2 aromatic heterocycles. The summed E-state index contributed by atoms with van der Waals surface area (Å²) in [7, 11) is 0. The van der Waals surface area contributed by atoms with Gasteiger partial charge in [-0.1, -0.05) is 13.8 Å². The molecule has 0 aliphatic carbocycles. The van der Waals surface area contributed by atoms with Gasteiger partial charge in [0.2, 0.25) is 0 Å². The minimum atomic E-state index is 0.448. The Hall–Kier alpha value is -1.27. The lowest BCUT2D eigenvalue weighted by Crippen LogP contribution is -2.22. The van der Waals surface area contributed by atoms with Crippen molar-refractivity contribution in [2.24, 2.45) is 0 Å². The Morgan fingerprint density at radius 2 is 2.29 bits per heavy atom. The molecule has 0 saturated heterocycles. The van der Waals surface area contributed by atoms with Crippen LogP contribution < -0.4 is 5.32 Å². The van der Waals surface area contributed by atoms with Gasteiger partial charge in [0.05, 0.1) is 13.1 Å². The molecule has 0 saturated carbocycles. The van der Waals surface area contributed by atoms with Gasteiger partial charge in [-0.05, 0) is 6.92 Å². The van der Waals surface area contributed by atoms with Crippen LogP contribution in [0.5, 0.6) is 0 Å². The molecule has 0 spiro atoms. The average molecular weight is 251 g/mol. The van der Waals surface area contributed by atoms with Crippen LogP contribution in [0.1, 0.15) is 30.4 Å². The molecule has 17 heavy (non-hydrogen) atoms. The Balaban J connectivity index is 1.94.